The van der Waals surface area contributed by atoms with Gasteiger partial charge >= 0.3 is 0 Å². The summed E-state index contributed by atoms with van der Waals surface area (Å²) in [4.78, 5) is 3.38. The van der Waals surface area contributed by atoms with Crippen LogP contribution in [0.5, 0.6) is 0 Å². The van der Waals surface area contributed by atoms with Crippen molar-refractivity contribution in [2.45, 2.75) is 12.5 Å². The van der Waals surface area contributed by atoms with Gasteiger partial charge in [-0.05, 0) is 31.2 Å². The van der Waals surface area contributed by atoms with Gasteiger partial charge in [-0.15, -0.1) is 0 Å². The van der Waals surface area contributed by atoms with Gasteiger partial charge in [-0.3, -0.25) is 0 Å². The van der Waals surface area contributed by atoms with Crippen LogP contribution in [-0.4, -0.2) is 11.6 Å². The Morgan fingerprint density at radius 2 is 2.21 bits per heavy atom. The van der Waals surface area contributed by atoms with Crippen molar-refractivity contribution in [2.24, 2.45) is 0 Å². The standard InChI is InChI=1S/C11H10BrNO/c1-11(6-14-11)10-5-7-4-8(12)2-3-9(7)13-10/h2-5,13H,6H2,1H3. The molecule has 0 radical (unpaired) electrons. The Morgan fingerprint density at radius 1 is 1.43 bits per heavy atom. The van der Waals surface area contributed by atoms with Crippen LogP contribution < -0.4 is 0 Å². The molecule has 1 aliphatic rings. The summed E-state index contributed by atoms with van der Waals surface area (Å²) in [7, 11) is 0. The highest BCUT2D eigenvalue weighted by atomic mass is 79.9. The molecule has 3 heteroatoms. The molecule has 2 nitrogen and oxygen atoms in total. The molecule has 0 bridgehead atoms. The first-order chi connectivity index (χ1) is 6.67. The molecule has 2 heterocycles. The van der Waals surface area contributed by atoms with Gasteiger partial charge in [0.1, 0.15) is 5.60 Å². The number of hydrogen-bond acceptors (Lipinski definition) is 1. The minimum absolute atomic E-state index is 0.0640. The number of hydrogen-bond donors (Lipinski definition) is 1. The Balaban J connectivity index is 2.20. The highest BCUT2D eigenvalue weighted by molar-refractivity contribution is 9.10. The fraction of sp³-hybridized carbons (Fsp3) is 0.273. The van der Waals surface area contributed by atoms with E-state index in [9.17, 15) is 0 Å². The van der Waals surface area contributed by atoms with E-state index in [1.165, 1.54) is 16.6 Å². The van der Waals surface area contributed by atoms with E-state index in [0.29, 0.717) is 0 Å². The highest BCUT2D eigenvalue weighted by Gasteiger charge is 2.42. The largest absolute Gasteiger partial charge is 0.363 e. The van der Waals surface area contributed by atoms with Crippen LogP contribution >= 0.6 is 15.9 Å². The molecular weight excluding hydrogens is 242 g/mol. The first-order valence-electron chi connectivity index (χ1n) is 4.60. The van der Waals surface area contributed by atoms with Crippen molar-refractivity contribution in [2.75, 3.05) is 6.61 Å². The number of aromatic amines is 1. The van der Waals surface area contributed by atoms with E-state index in [-0.39, 0.29) is 5.60 Å². The Bertz CT molecular complexity index is 499. The number of H-pyrrole nitrogens is 1. The SMILES string of the molecule is CC1(c2cc3cc(Br)ccc3[nH]2)CO1. The lowest BCUT2D eigenvalue weighted by molar-refractivity contribution is 0.325. The number of nitrogens with one attached hydrogen (secondary N) is 1. The maximum Gasteiger partial charge on any atom is 0.128 e. The molecule has 0 spiro atoms. The van der Waals surface area contributed by atoms with Gasteiger partial charge in [0.15, 0.2) is 0 Å². The van der Waals surface area contributed by atoms with E-state index in [4.69, 9.17) is 4.74 Å². The molecule has 1 unspecified atom stereocenters. The molecule has 1 saturated heterocycles. The van der Waals surface area contributed by atoms with Crippen molar-refractivity contribution in [3.8, 4) is 0 Å². The Hall–Kier alpha value is -0.800. The molecule has 1 aliphatic heterocycles. The molecule has 1 aromatic heterocycles. The summed E-state index contributed by atoms with van der Waals surface area (Å²) in [6.07, 6.45) is 0. The van der Waals surface area contributed by atoms with Crippen molar-refractivity contribution < 1.29 is 4.74 Å². The Kier molecular flexibility index (Phi) is 1.59. The van der Waals surface area contributed by atoms with Gasteiger partial charge in [0.05, 0.1) is 12.3 Å². The third kappa shape index (κ3) is 1.20. The third-order valence-corrected chi connectivity index (χ3v) is 3.22. The van der Waals surface area contributed by atoms with E-state index in [2.05, 4.69) is 46.0 Å². The molecule has 1 atom stereocenters. The molecule has 0 aliphatic carbocycles. The lowest BCUT2D eigenvalue weighted by Crippen LogP contribution is -2.01. The summed E-state index contributed by atoms with van der Waals surface area (Å²) in [5.74, 6) is 0. The normalized spacial score (nSPS) is 25.6. The minimum atomic E-state index is -0.0640. The second-order valence-electron chi connectivity index (χ2n) is 3.93. The van der Waals surface area contributed by atoms with Gasteiger partial charge in [0.25, 0.3) is 0 Å². The van der Waals surface area contributed by atoms with Gasteiger partial charge in [-0.2, -0.15) is 0 Å². The first-order valence-corrected chi connectivity index (χ1v) is 5.39. The van der Waals surface area contributed by atoms with Gasteiger partial charge in [-0.25, -0.2) is 0 Å². The van der Waals surface area contributed by atoms with Crippen molar-refractivity contribution >= 4 is 26.8 Å². The third-order valence-electron chi connectivity index (χ3n) is 2.73. The number of epoxide rings is 1. The van der Waals surface area contributed by atoms with Crippen LogP contribution in [0, 0.1) is 0 Å². The van der Waals surface area contributed by atoms with Crippen molar-refractivity contribution in [1.82, 2.24) is 4.98 Å². The fourth-order valence-corrected chi connectivity index (χ4v) is 2.03. The molecule has 14 heavy (non-hydrogen) atoms. The summed E-state index contributed by atoms with van der Waals surface area (Å²) in [5.41, 5.74) is 2.27. The summed E-state index contributed by atoms with van der Waals surface area (Å²) in [6.45, 7) is 2.92. The van der Waals surface area contributed by atoms with Crippen LogP contribution in [0.25, 0.3) is 10.9 Å². The number of benzene rings is 1. The average molecular weight is 252 g/mol. The fourth-order valence-electron chi connectivity index (χ4n) is 1.65. The zero-order valence-corrected chi connectivity index (χ0v) is 9.39. The van der Waals surface area contributed by atoms with Crippen molar-refractivity contribution in [3.05, 3.63) is 34.4 Å². The van der Waals surface area contributed by atoms with E-state index in [1.807, 2.05) is 6.07 Å². The van der Waals surface area contributed by atoms with Crippen molar-refractivity contribution in [1.29, 1.82) is 0 Å². The average Bonchev–Trinajstić information content (AvgIpc) is 2.77. The zero-order valence-electron chi connectivity index (χ0n) is 7.80. The first kappa shape index (κ1) is 8.50. The molecule has 3 rings (SSSR count). The molecule has 0 saturated carbocycles. The van der Waals surface area contributed by atoms with E-state index in [0.717, 1.165) is 11.1 Å². The maximum absolute atomic E-state index is 5.40. The number of halogens is 1. The van der Waals surface area contributed by atoms with Gasteiger partial charge in [-0.1, -0.05) is 15.9 Å². The lowest BCUT2D eigenvalue weighted by Gasteiger charge is -1.98. The molecular formula is C11H10BrNO. The molecule has 72 valence electrons. The summed E-state index contributed by atoms with van der Waals surface area (Å²) in [5, 5.41) is 1.23. The Labute approximate surface area is 90.4 Å². The van der Waals surface area contributed by atoms with Gasteiger partial charge in [0.2, 0.25) is 0 Å². The molecule has 2 aromatic rings. The predicted molar refractivity (Wildman–Crippen MR) is 59.3 cm³/mol. The minimum Gasteiger partial charge on any atom is -0.363 e. The van der Waals surface area contributed by atoms with E-state index in [1.54, 1.807) is 0 Å². The van der Waals surface area contributed by atoms with Crippen LogP contribution in [0.15, 0.2) is 28.7 Å². The van der Waals surface area contributed by atoms with Crippen molar-refractivity contribution in [3.63, 3.8) is 0 Å². The van der Waals surface area contributed by atoms with Crippen LogP contribution in [-0.2, 0) is 10.3 Å². The summed E-state index contributed by atoms with van der Waals surface area (Å²) < 4.78 is 6.51. The quantitative estimate of drug-likeness (QED) is 0.776. The smallest absolute Gasteiger partial charge is 0.128 e. The van der Waals surface area contributed by atoms with Crippen LogP contribution in [0.2, 0.25) is 0 Å². The van der Waals surface area contributed by atoms with Gasteiger partial charge in [0, 0.05) is 15.4 Å². The van der Waals surface area contributed by atoms with Crippen LogP contribution in [0.3, 0.4) is 0 Å². The number of ether oxygens (including phenoxy) is 1. The number of aromatic nitrogens is 1. The van der Waals surface area contributed by atoms with Gasteiger partial charge < -0.3 is 9.72 Å². The zero-order chi connectivity index (χ0) is 9.76. The van der Waals surface area contributed by atoms with Crippen LogP contribution in [0.4, 0.5) is 0 Å². The molecule has 1 aromatic carbocycles. The highest BCUT2D eigenvalue weighted by Crippen LogP contribution is 2.38. The van der Waals surface area contributed by atoms with Crippen LogP contribution in [0.1, 0.15) is 12.6 Å². The van der Waals surface area contributed by atoms with E-state index >= 15 is 0 Å². The molecule has 0 amide bonds. The second-order valence-corrected chi connectivity index (χ2v) is 4.85. The Morgan fingerprint density at radius 3 is 2.93 bits per heavy atom. The predicted octanol–water partition coefficient (Wildman–Crippen LogP) is 3.18. The number of rotatable bonds is 1. The topological polar surface area (TPSA) is 28.3 Å². The second kappa shape index (κ2) is 2.61. The molecule has 1 N–H and O–H groups in total. The number of fused-ring (bicyclic) bond motifs is 1. The molecule has 1 fully saturated rings. The lowest BCUT2D eigenvalue weighted by atomic mass is 10.1. The maximum atomic E-state index is 5.40. The van der Waals surface area contributed by atoms with E-state index < -0.39 is 0 Å². The summed E-state index contributed by atoms with van der Waals surface area (Å²) >= 11 is 3.46. The monoisotopic (exact) mass is 251 g/mol. The summed E-state index contributed by atoms with van der Waals surface area (Å²) in [6, 6.07) is 8.39.